The van der Waals surface area contributed by atoms with Crippen molar-refractivity contribution in [1.29, 1.82) is 0 Å². The maximum Gasteiger partial charge on any atom is 0.261 e. The molecule has 0 aliphatic rings. The predicted molar refractivity (Wildman–Crippen MR) is 91.9 cm³/mol. The van der Waals surface area contributed by atoms with E-state index in [-0.39, 0.29) is 24.1 Å². The van der Waals surface area contributed by atoms with E-state index in [0.29, 0.717) is 15.9 Å². The van der Waals surface area contributed by atoms with Gasteiger partial charge in [-0.3, -0.25) is 14.2 Å². The van der Waals surface area contributed by atoms with Crippen LogP contribution in [0.5, 0.6) is 0 Å². The molecule has 1 N–H and O–H groups in total. The number of halogens is 1. The SMILES string of the molecule is CC(NC(=O)Cn1cnc2cc(Cl)ccc2c1=O)c1cccs1. The van der Waals surface area contributed by atoms with Crippen molar-refractivity contribution in [2.45, 2.75) is 19.5 Å². The first-order chi connectivity index (χ1) is 11.0. The molecular weight excluding hydrogens is 334 g/mol. The molecule has 1 amide bonds. The van der Waals surface area contributed by atoms with Crippen molar-refractivity contribution in [2.75, 3.05) is 0 Å². The minimum Gasteiger partial charge on any atom is -0.347 e. The highest BCUT2D eigenvalue weighted by atomic mass is 35.5. The summed E-state index contributed by atoms with van der Waals surface area (Å²) in [4.78, 5) is 29.8. The lowest BCUT2D eigenvalue weighted by atomic mass is 10.2. The molecule has 3 aromatic rings. The Morgan fingerprint density at radius 2 is 2.26 bits per heavy atom. The highest BCUT2D eigenvalue weighted by Gasteiger charge is 2.12. The second-order valence-corrected chi connectivity index (χ2v) is 6.56. The fraction of sp³-hybridized carbons (Fsp3) is 0.188. The second kappa shape index (κ2) is 6.52. The van der Waals surface area contributed by atoms with Gasteiger partial charge in [-0.15, -0.1) is 11.3 Å². The van der Waals surface area contributed by atoms with Gasteiger partial charge in [0.25, 0.3) is 5.56 Å². The van der Waals surface area contributed by atoms with Crippen LogP contribution in [-0.2, 0) is 11.3 Å². The first-order valence-electron chi connectivity index (χ1n) is 7.02. The molecule has 5 nitrogen and oxygen atoms in total. The fourth-order valence-corrected chi connectivity index (χ4v) is 3.20. The summed E-state index contributed by atoms with van der Waals surface area (Å²) >= 11 is 7.47. The van der Waals surface area contributed by atoms with Crippen molar-refractivity contribution >= 4 is 39.7 Å². The maximum absolute atomic E-state index is 12.4. The molecule has 2 heterocycles. The van der Waals surface area contributed by atoms with Crippen molar-refractivity contribution in [3.63, 3.8) is 0 Å². The Balaban J connectivity index is 1.78. The third-order valence-electron chi connectivity index (χ3n) is 3.45. The smallest absolute Gasteiger partial charge is 0.261 e. The number of nitrogens with one attached hydrogen (secondary N) is 1. The highest BCUT2D eigenvalue weighted by molar-refractivity contribution is 7.10. The van der Waals surface area contributed by atoms with Gasteiger partial charge in [0.2, 0.25) is 5.91 Å². The highest BCUT2D eigenvalue weighted by Crippen LogP contribution is 2.18. The number of rotatable bonds is 4. The number of fused-ring (bicyclic) bond motifs is 1. The number of hydrogen-bond donors (Lipinski definition) is 1. The van der Waals surface area contributed by atoms with E-state index < -0.39 is 0 Å². The third kappa shape index (κ3) is 3.43. The van der Waals surface area contributed by atoms with E-state index in [1.165, 1.54) is 10.9 Å². The molecule has 0 radical (unpaired) electrons. The Bertz CT molecular complexity index is 905. The van der Waals surface area contributed by atoms with Gasteiger partial charge in [-0.25, -0.2) is 4.98 Å². The normalized spacial score (nSPS) is 12.3. The number of hydrogen-bond acceptors (Lipinski definition) is 4. The van der Waals surface area contributed by atoms with E-state index in [1.807, 2.05) is 24.4 Å². The van der Waals surface area contributed by atoms with Crippen molar-refractivity contribution in [3.8, 4) is 0 Å². The van der Waals surface area contributed by atoms with Gasteiger partial charge < -0.3 is 5.32 Å². The van der Waals surface area contributed by atoms with Crippen LogP contribution in [0, 0.1) is 0 Å². The Morgan fingerprint density at radius 1 is 1.43 bits per heavy atom. The van der Waals surface area contributed by atoms with Gasteiger partial charge in [0.15, 0.2) is 0 Å². The number of aromatic nitrogens is 2. The van der Waals surface area contributed by atoms with Crippen molar-refractivity contribution in [1.82, 2.24) is 14.9 Å². The number of nitrogens with zero attached hydrogens (tertiary/aromatic N) is 2. The summed E-state index contributed by atoms with van der Waals surface area (Å²) in [5, 5.41) is 5.80. The van der Waals surface area contributed by atoms with E-state index in [1.54, 1.807) is 29.5 Å². The third-order valence-corrected chi connectivity index (χ3v) is 4.74. The van der Waals surface area contributed by atoms with Crippen LogP contribution in [0.3, 0.4) is 0 Å². The lowest BCUT2D eigenvalue weighted by Gasteiger charge is -2.13. The topological polar surface area (TPSA) is 64.0 Å². The molecule has 0 aliphatic carbocycles. The zero-order valence-corrected chi connectivity index (χ0v) is 13.9. The monoisotopic (exact) mass is 347 g/mol. The Morgan fingerprint density at radius 3 is 3.00 bits per heavy atom. The molecule has 118 valence electrons. The summed E-state index contributed by atoms with van der Waals surface area (Å²) in [5.74, 6) is -0.233. The van der Waals surface area contributed by atoms with Crippen LogP contribution in [0.1, 0.15) is 17.8 Å². The second-order valence-electron chi connectivity index (χ2n) is 5.14. The molecule has 0 saturated carbocycles. The van der Waals surface area contributed by atoms with Crippen LogP contribution in [0.2, 0.25) is 5.02 Å². The van der Waals surface area contributed by atoms with Crippen LogP contribution in [0.25, 0.3) is 10.9 Å². The number of thiophene rings is 1. The first-order valence-corrected chi connectivity index (χ1v) is 8.28. The molecule has 0 aliphatic heterocycles. The van der Waals surface area contributed by atoms with E-state index in [4.69, 9.17) is 11.6 Å². The molecule has 2 aromatic heterocycles. The Labute approximate surface area is 141 Å². The van der Waals surface area contributed by atoms with Crippen molar-refractivity contribution in [2.24, 2.45) is 0 Å². The molecule has 0 bridgehead atoms. The number of carbonyl (C=O) groups excluding carboxylic acids is 1. The molecule has 23 heavy (non-hydrogen) atoms. The summed E-state index contributed by atoms with van der Waals surface area (Å²) in [6.45, 7) is 1.84. The van der Waals surface area contributed by atoms with E-state index in [0.717, 1.165) is 4.88 Å². The van der Waals surface area contributed by atoms with Gasteiger partial charge in [-0.1, -0.05) is 17.7 Å². The molecule has 1 atom stereocenters. The molecule has 0 spiro atoms. The van der Waals surface area contributed by atoms with Crippen LogP contribution < -0.4 is 10.9 Å². The lowest BCUT2D eigenvalue weighted by Crippen LogP contribution is -2.33. The predicted octanol–water partition coefficient (Wildman–Crippen LogP) is 2.99. The largest absolute Gasteiger partial charge is 0.347 e. The van der Waals surface area contributed by atoms with E-state index in [9.17, 15) is 9.59 Å². The molecule has 1 unspecified atom stereocenters. The zero-order chi connectivity index (χ0) is 16.4. The van der Waals surface area contributed by atoms with E-state index >= 15 is 0 Å². The molecule has 0 saturated heterocycles. The van der Waals surface area contributed by atoms with Gasteiger partial charge in [-0.2, -0.15) is 0 Å². The summed E-state index contributed by atoms with van der Waals surface area (Å²) in [5.41, 5.74) is 0.261. The molecule has 7 heteroatoms. The number of amides is 1. The summed E-state index contributed by atoms with van der Waals surface area (Å²) in [6.07, 6.45) is 1.37. The van der Waals surface area contributed by atoms with Gasteiger partial charge in [0.1, 0.15) is 6.54 Å². The molecule has 0 fully saturated rings. The Kier molecular flexibility index (Phi) is 4.45. The standard InChI is InChI=1S/C16H14ClN3O2S/c1-10(14-3-2-6-23-14)19-15(21)8-20-9-18-13-7-11(17)4-5-12(13)16(20)22/h2-7,9-10H,8H2,1H3,(H,19,21). The average Bonchev–Trinajstić information content (AvgIpc) is 3.04. The summed E-state index contributed by atoms with van der Waals surface area (Å²) in [7, 11) is 0. The van der Waals surface area contributed by atoms with Crippen LogP contribution >= 0.6 is 22.9 Å². The van der Waals surface area contributed by atoms with Gasteiger partial charge in [0, 0.05) is 9.90 Å². The zero-order valence-electron chi connectivity index (χ0n) is 12.3. The number of carbonyl (C=O) groups is 1. The minimum absolute atomic E-state index is 0.0693. The fourth-order valence-electron chi connectivity index (χ4n) is 2.29. The lowest BCUT2D eigenvalue weighted by molar-refractivity contribution is -0.122. The summed E-state index contributed by atoms with van der Waals surface area (Å²) < 4.78 is 1.30. The molecule has 1 aromatic carbocycles. The van der Waals surface area contributed by atoms with Crippen LogP contribution in [0.15, 0.2) is 46.8 Å². The summed E-state index contributed by atoms with van der Waals surface area (Å²) in [6, 6.07) is 8.69. The quantitative estimate of drug-likeness (QED) is 0.789. The van der Waals surface area contributed by atoms with Gasteiger partial charge >= 0.3 is 0 Å². The van der Waals surface area contributed by atoms with Gasteiger partial charge in [0.05, 0.1) is 23.3 Å². The minimum atomic E-state index is -0.259. The van der Waals surface area contributed by atoms with Crippen LogP contribution in [-0.4, -0.2) is 15.5 Å². The molecule has 3 rings (SSSR count). The number of benzene rings is 1. The Hall–Kier alpha value is -2.18. The van der Waals surface area contributed by atoms with Crippen LogP contribution in [0.4, 0.5) is 0 Å². The average molecular weight is 348 g/mol. The molecular formula is C16H14ClN3O2S. The maximum atomic E-state index is 12.4. The first kappa shape index (κ1) is 15.7. The van der Waals surface area contributed by atoms with E-state index in [2.05, 4.69) is 10.3 Å². The van der Waals surface area contributed by atoms with Crippen molar-refractivity contribution < 1.29 is 4.79 Å². The van der Waals surface area contributed by atoms with Crippen molar-refractivity contribution in [3.05, 3.63) is 62.3 Å². The van der Waals surface area contributed by atoms with Gasteiger partial charge in [-0.05, 0) is 36.6 Å².